The highest BCUT2D eigenvalue weighted by Gasteiger charge is 2.19. The first-order valence-corrected chi connectivity index (χ1v) is 3.59. The first-order valence-electron chi connectivity index (χ1n) is 3.59. The van der Waals surface area contributed by atoms with Crippen molar-refractivity contribution >= 4 is 5.97 Å². The lowest BCUT2D eigenvalue weighted by Gasteiger charge is -2.29. The van der Waals surface area contributed by atoms with Gasteiger partial charge in [0.25, 0.3) is 0 Å². The molecule has 0 unspecified atom stereocenters. The summed E-state index contributed by atoms with van der Waals surface area (Å²) < 4.78 is 0.620. The maximum absolute atomic E-state index is 10.3. The van der Waals surface area contributed by atoms with Crippen molar-refractivity contribution in [3.63, 3.8) is 0 Å². The number of aliphatic carboxylic acids is 1. The third-order valence-corrected chi connectivity index (χ3v) is 2.04. The number of carboxylic acid groups (broad SMARTS) is 1. The minimum absolute atomic E-state index is 0. The van der Waals surface area contributed by atoms with E-state index in [4.69, 9.17) is 5.11 Å². The highest BCUT2D eigenvalue weighted by atomic mass is 16.4. The molecule has 68 valence electrons. The zero-order chi connectivity index (χ0) is 8.20. The first-order chi connectivity index (χ1) is 4.54. The van der Waals surface area contributed by atoms with Crippen molar-refractivity contribution in [2.24, 2.45) is 0 Å². The number of quaternary nitrogens is 1. The Hall–Kier alpha value is -0.610. The molecule has 11 heavy (non-hydrogen) atoms. The molecule has 2 N–H and O–H groups in total. The van der Waals surface area contributed by atoms with Crippen LogP contribution in [0.2, 0.25) is 0 Å². The highest BCUT2D eigenvalue weighted by Crippen LogP contribution is 1.99. The van der Waals surface area contributed by atoms with Crippen molar-refractivity contribution in [3.05, 3.63) is 0 Å². The Kier molecular flexibility index (Phi) is 6.03. The minimum atomic E-state index is -0.716. The maximum atomic E-state index is 10.3. The molecular weight excluding hydrogens is 146 g/mol. The first kappa shape index (κ1) is 13.0. The van der Waals surface area contributed by atoms with Crippen molar-refractivity contribution in [3.8, 4) is 0 Å². The average Bonchev–Trinajstić information content (AvgIpc) is 1.87. The lowest BCUT2D eigenvalue weighted by atomic mass is 10.4. The molecule has 0 radical (unpaired) electrons. The number of nitrogens with zero attached hydrogens (tertiary/aromatic N) is 1. The second-order valence-corrected chi connectivity index (χ2v) is 2.80. The van der Waals surface area contributed by atoms with Crippen LogP contribution in [0.1, 0.15) is 13.8 Å². The van der Waals surface area contributed by atoms with Gasteiger partial charge in [-0.2, -0.15) is 0 Å². The molecule has 0 aromatic carbocycles. The average molecular weight is 163 g/mol. The van der Waals surface area contributed by atoms with E-state index in [-0.39, 0.29) is 12.0 Å². The van der Waals surface area contributed by atoms with Crippen LogP contribution in [0.5, 0.6) is 0 Å². The molecule has 0 aromatic heterocycles. The Labute approximate surface area is 67.3 Å². The Balaban J connectivity index is 0. The zero-order valence-corrected chi connectivity index (χ0v) is 7.37. The number of carbonyl (C=O) groups is 1. The molecule has 0 saturated carbocycles. The second-order valence-electron chi connectivity index (χ2n) is 2.80. The Morgan fingerprint density at radius 1 is 1.36 bits per heavy atom. The van der Waals surface area contributed by atoms with Gasteiger partial charge in [-0.3, -0.25) is 0 Å². The van der Waals surface area contributed by atoms with E-state index in [1.807, 2.05) is 20.9 Å². The fourth-order valence-corrected chi connectivity index (χ4v) is 0.774. The predicted octanol–water partition coefficient (Wildman–Crippen LogP) is 0.381. The predicted molar refractivity (Wildman–Crippen MR) is 41.7 cm³/mol. The van der Waals surface area contributed by atoms with Crippen molar-refractivity contribution in [1.82, 2.24) is 0 Å². The topological polar surface area (TPSA) is 67.3 Å². The Bertz CT molecular complexity index is 121. The van der Waals surface area contributed by atoms with E-state index in [1.54, 1.807) is 0 Å². The summed E-state index contributed by atoms with van der Waals surface area (Å²) in [5.41, 5.74) is 0. The molecular formula is C7H17NO3. The maximum Gasteiger partial charge on any atom is 0.359 e. The fourth-order valence-electron chi connectivity index (χ4n) is 0.774. The summed E-state index contributed by atoms with van der Waals surface area (Å²) in [4.78, 5) is 10.3. The summed E-state index contributed by atoms with van der Waals surface area (Å²) in [7, 11) is 1.95. The van der Waals surface area contributed by atoms with E-state index in [9.17, 15) is 4.79 Å². The lowest BCUT2D eigenvalue weighted by molar-refractivity contribution is -0.899. The van der Waals surface area contributed by atoms with Crippen LogP contribution in [-0.4, -0.2) is 47.7 Å². The zero-order valence-electron chi connectivity index (χ0n) is 7.37. The quantitative estimate of drug-likeness (QED) is 0.609. The second kappa shape index (κ2) is 5.09. The van der Waals surface area contributed by atoms with Crippen LogP contribution < -0.4 is 0 Å². The van der Waals surface area contributed by atoms with Gasteiger partial charge in [0, 0.05) is 0 Å². The van der Waals surface area contributed by atoms with Crippen LogP contribution in [0.3, 0.4) is 0 Å². The van der Waals surface area contributed by atoms with Gasteiger partial charge in [0.2, 0.25) is 0 Å². The monoisotopic (exact) mass is 163 g/mol. The number of rotatable bonds is 4. The van der Waals surface area contributed by atoms with Crippen molar-refractivity contribution < 1.29 is 19.9 Å². The van der Waals surface area contributed by atoms with E-state index in [0.29, 0.717) is 4.48 Å². The van der Waals surface area contributed by atoms with Gasteiger partial charge in [-0.25, -0.2) is 4.79 Å². The standard InChI is InChI=1S/C7H15NO2.H2O/c1-4-8(3,5-2)6-7(9)10;/h4-6H2,1-3H3;1H2. The minimum Gasteiger partial charge on any atom is -0.870 e. The van der Waals surface area contributed by atoms with Gasteiger partial charge >= 0.3 is 5.97 Å². The molecule has 0 heterocycles. The van der Waals surface area contributed by atoms with E-state index in [2.05, 4.69) is 0 Å². The molecule has 0 rings (SSSR count). The summed E-state index contributed by atoms with van der Waals surface area (Å²) in [6.07, 6.45) is 0. The molecule has 4 nitrogen and oxygen atoms in total. The summed E-state index contributed by atoms with van der Waals surface area (Å²) >= 11 is 0. The summed E-state index contributed by atoms with van der Waals surface area (Å²) in [5.74, 6) is -0.716. The molecule has 4 heteroatoms. The molecule has 0 spiro atoms. The van der Waals surface area contributed by atoms with E-state index >= 15 is 0 Å². The molecule has 0 fully saturated rings. The van der Waals surface area contributed by atoms with E-state index in [1.165, 1.54) is 0 Å². The molecule has 0 amide bonds. The van der Waals surface area contributed by atoms with Gasteiger partial charge in [-0.15, -0.1) is 0 Å². The summed E-state index contributed by atoms with van der Waals surface area (Å²) in [6, 6.07) is 0. The SMILES string of the molecule is CC[N+](C)(CC)CC(=O)O.[OH-]. The van der Waals surface area contributed by atoms with Crippen molar-refractivity contribution in [2.75, 3.05) is 26.7 Å². The van der Waals surface area contributed by atoms with Gasteiger partial charge in [-0.05, 0) is 13.8 Å². The Morgan fingerprint density at radius 2 is 1.73 bits per heavy atom. The fraction of sp³-hybridized carbons (Fsp3) is 0.857. The summed E-state index contributed by atoms with van der Waals surface area (Å²) in [6.45, 7) is 6.00. The lowest BCUT2D eigenvalue weighted by Crippen LogP contribution is -2.47. The molecule has 0 bridgehead atoms. The number of hydrogen-bond donors (Lipinski definition) is 1. The van der Waals surface area contributed by atoms with Crippen LogP contribution in [0, 0.1) is 0 Å². The normalized spacial score (nSPS) is 10.5. The number of likely N-dealkylation sites (N-methyl/N-ethyl adjacent to an activating group) is 1. The summed E-state index contributed by atoms with van der Waals surface area (Å²) in [5, 5.41) is 8.50. The smallest absolute Gasteiger partial charge is 0.359 e. The Morgan fingerprint density at radius 3 is 1.82 bits per heavy atom. The van der Waals surface area contributed by atoms with E-state index in [0.717, 1.165) is 13.1 Å². The highest BCUT2D eigenvalue weighted by molar-refractivity contribution is 5.67. The number of carboxylic acids is 1. The molecule has 0 aliphatic rings. The third-order valence-electron chi connectivity index (χ3n) is 2.04. The van der Waals surface area contributed by atoms with Crippen molar-refractivity contribution in [1.29, 1.82) is 0 Å². The van der Waals surface area contributed by atoms with Crippen LogP contribution in [0.4, 0.5) is 0 Å². The van der Waals surface area contributed by atoms with E-state index < -0.39 is 5.97 Å². The molecule has 0 aromatic rings. The molecule has 0 atom stereocenters. The van der Waals surface area contributed by atoms with Crippen LogP contribution in [-0.2, 0) is 4.79 Å². The number of hydrogen-bond acceptors (Lipinski definition) is 2. The van der Waals surface area contributed by atoms with Crippen LogP contribution >= 0.6 is 0 Å². The largest absolute Gasteiger partial charge is 0.870 e. The van der Waals surface area contributed by atoms with Gasteiger partial charge in [0.15, 0.2) is 6.54 Å². The van der Waals surface area contributed by atoms with Gasteiger partial charge in [0.05, 0.1) is 20.1 Å². The van der Waals surface area contributed by atoms with Gasteiger partial charge in [0.1, 0.15) is 0 Å². The van der Waals surface area contributed by atoms with Crippen LogP contribution in [0.25, 0.3) is 0 Å². The van der Waals surface area contributed by atoms with Gasteiger partial charge < -0.3 is 15.1 Å². The molecule has 0 aliphatic carbocycles. The van der Waals surface area contributed by atoms with Crippen molar-refractivity contribution in [2.45, 2.75) is 13.8 Å². The van der Waals surface area contributed by atoms with Crippen LogP contribution in [0.15, 0.2) is 0 Å². The third kappa shape index (κ3) is 4.75. The molecule has 0 aliphatic heterocycles. The van der Waals surface area contributed by atoms with Gasteiger partial charge in [-0.1, -0.05) is 0 Å². The molecule has 0 saturated heterocycles.